The number of anilines is 3. The van der Waals surface area contributed by atoms with E-state index in [0.29, 0.717) is 22.8 Å². The Morgan fingerprint density at radius 3 is 2.34 bits per heavy atom. The number of alkyl halides is 3. The Kier molecular flexibility index (Phi) is 9.07. The summed E-state index contributed by atoms with van der Waals surface area (Å²) in [6.07, 6.45) is 1.32. The number of aliphatic hydroxyl groups is 1. The smallest absolute Gasteiger partial charge is 0.406 e. The number of carbonyl (C=O) groups excluding carboxylic acids is 1. The highest BCUT2D eigenvalue weighted by molar-refractivity contribution is 5.97. The number of pyridine rings is 1. The number of hydrogen-bond acceptors (Lipinski definition) is 5. The van der Waals surface area contributed by atoms with E-state index in [1.165, 1.54) is 30.5 Å². The average molecular weight is 451 g/mol. The Morgan fingerprint density at radius 1 is 1.16 bits per heavy atom. The van der Waals surface area contributed by atoms with Gasteiger partial charge >= 0.3 is 6.36 Å². The second-order valence-electron chi connectivity index (χ2n) is 7.07. The van der Waals surface area contributed by atoms with Gasteiger partial charge in [-0.2, -0.15) is 0 Å². The van der Waals surface area contributed by atoms with Crippen LogP contribution < -0.4 is 15.4 Å². The predicted octanol–water partition coefficient (Wildman–Crippen LogP) is 5.88. The molecule has 3 N–H and O–H groups in total. The van der Waals surface area contributed by atoms with Gasteiger partial charge in [0.15, 0.2) is 0 Å². The molecule has 1 aromatic heterocycles. The molecule has 0 aliphatic heterocycles. The number of aromatic nitrogens is 1. The average Bonchev–Trinajstić information content (AvgIpc) is 2.74. The number of aliphatic hydroxyl groups excluding tert-OH is 1. The molecule has 0 aliphatic rings. The highest BCUT2D eigenvalue weighted by Gasteiger charge is 2.31. The normalized spacial score (nSPS) is 12.1. The van der Waals surface area contributed by atoms with Gasteiger partial charge in [-0.3, -0.25) is 4.79 Å². The largest absolute Gasteiger partial charge is 0.573 e. The Balaban J connectivity index is 2.51. The Morgan fingerprint density at radius 2 is 1.81 bits per heavy atom. The monoisotopic (exact) mass is 451 g/mol. The number of benzene rings is 1. The van der Waals surface area contributed by atoms with Crippen LogP contribution in [0.2, 0.25) is 0 Å². The van der Waals surface area contributed by atoms with Crippen molar-refractivity contribution < 1.29 is 27.8 Å². The molecule has 0 unspecified atom stereocenters. The van der Waals surface area contributed by atoms with E-state index >= 15 is 0 Å². The van der Waals surface area contributed by atoms with Gasteiger partial charge in [-0.15, -0.1) is 13.2 Å². The van der Waals surface area contributed by atoms with Crippen molar-refractivity contribution in [1.29, 1.82) is 0 Å². The lowest BCUT2D eigenvalue weighted by Crippen LogP contribution is -2.18. The zero-order chi connectivity index (χ0) is 23.7. The topological polar surface area (TPSA) is 83.5 Å². The fourth-order valence-corrected chi connectivity index (χ4v) is 3.44. The number of allylic oxidation sites excluding steroid dienone is 2. The number of nitrogens with one attached hydrogen (secondary N) is 2. The minimum absolute atomic E-state index is 0.201. The van der Waals surface area contributed by atoms with Crippen molar-refractivity contribution >= 4 is 28.7 Å². The molecule has 1 amide bonds. The fraction of sp³-hybridized carbons (Fsp3) is 0.391. The van der Waals surface area contributed by atoms with Crippen molar-refractivity contribution in [2.45, 2.75) is 46.4 Å². The van der Waals surface area contributed by atoms with Gasteiger partial charge in [0.1, 0.15) is 18.2 Å². The van der Waals surface area contributed by atoms with E-state index in [9.17, 15) is 23.1 Å². The predicted molar refractivity (Wildman–Crippen MR) is 119 cm³/mol. The molecule has 1 aromatic carbocycles. The van der Waals surface area contributed by atoms with Crippen molar-refractivity contribution in [2.75, 3.05) is 17.2 Å². The summed E-state index contributed by atoms with van der Waals surface area (Å²) in [6, 6.07) is 6.96. The summed E-state index contributed by atoms with van der Waals surface area (Å²) in [7, 11) is 0. The number of ether oxygens (including phenoxy) is 1. The first-order valence-corrected chi connectivity index (χ1v) is 10.4. The van der Waals surface area contributed by atoms with Crippen LogP contribution in [0.3, 0.4) is 0 Å². The highest BCUT2D eigenvalue weighted by atomic mass is 19.4. The number of nitrogens with zero attached hydrogens (tertiary/aromatic N) is 1. The van der Waals surface area contributed by atoms with Gasteiger partial charge in [0.25, 0.3) is 0 Å². The molecule has 0 atom stereocenters. The lowest BCUT2D eigenvalue weighted by molar-refractivity contribution is -0.274. The molecule has 6 nitrogen and oxygen atoms in total. The van der Waals surface area contributed by atoms with Gasteiger partial charge < -0.3 is 20.5 Å². The molecular weight excluding hydrogens is 423 g/mol. The van der Waals surface area contributed by atoms with Crippen LogP contribution in [0.25, 0.3) is 5.57 Å². The van der Waals surface area contributed by atoms with Crippen molar-refractivity contribution in [1.82, 2.24) is 4.98 Å². The van der Waals surface area contributed by atoms with Gasteiger partial charge in [0.05, 0.1) is 5.69 Å². The third-order valence-electron chi connectivity index (χ3n) is 4.86. The fourth-order valence-electron chi connectivity index (χ4n) is 3.44. The second-order valence-corrected chi connectivity index (χ2v) is 7.07. The number of halogens is 3. The summed E-state index contributed by atoms with van der Waals surface area (Å²) >= 11 is 0. The summed E-state index contributed by atoms with van der Waals surface area (Å²) in [4.78, 5) is 16.3. The van der Waals surface area contributed by atoms with Gasteiger partial charge in [0.2, 0.25) is 5.91 Å². The second kappa shape index (κ2) is 11.5. The first-order chi connectivity index (χ1) is 15.2. The van der Waals surface area contributed by atoms with Crippen LogP contribution in [0.15, 0.2) is 42.6 Å². The molecule has 9 heteroatoms. The van der Waals surface area contributed by atoms with E-state index in [1.807, 2.05) is 6.92 Å². The summed E-state index contributed by atoms with van der Waals surface area (Å²) in [5.41, 5.74) is 2.67. The molecule has 1 heterocycles. The minimum atomic E-state index is -4.77. The zero-order valence-electron chi connectivity index (χ0n) is 18.3. The molecular formula is C23H28F3N3O3. The SMILES string of the molecule is CC/C=C(/c1c(NC(=O)CO)ccnc1Nc1ccc(OC(F)(F)F)cc1)C(CC)CC. The van der Waals surface area contributed by atoms with E-state index in [-0.39, 0.29) is 11.7 Å². The van der Waals surface area contributed by atoms with Gasteiger partial charge in [-0.1, -0.05) is 26.8 Å². The van der Waals surface area contributed by atoms with E-state index < -0.39 is 18.9 Å². The maximum Gasteiger partial charge on any atom is 0.573 e. The van der Waals surface area contributed by atoms with Gasteiger partial charge in [0, 0.05) is 17.4 Å². The quantitative estimate of drug-likeness (QED) is 0.420. The number of carbonyl (C=O) groups is 1. The minimum Gasteiger partial charge on any atom is -0.406 e. The molecule has 174 valence electrons. The standard InChI is InChI=1S/C23H28F3N3O3/c1-4-7-18(15(5-2)6-3)21-19(29-20(31)14-30)12-13-27-22(21)28-16-8-10-17(11-9-16)32-23(24,25)26/h7-13,15,30H,4-6,14H2,1-3H3,(H2,27,28,29,31)/b18-7+. The molecule has 0 saturated carbocycles. The Bertz CT molecular complexity index is 924. The molecule has 32 heavy (non-hydrogen) atoms. The number of hydrogen-bond donors (Lipinski definition) is 3. The summed E-state index contributed by atoms with van der Waals surface area (Å²) in [5, 5.41) is 15.0. The molecule has 0 aliphatic carbocycles. The van der Waals surface area contributed by atoms with Crippen LogP contribution >= 0.6 is 0 Å². The Labute approximate surface area is 185 Å². The van der Waals surface area contributed by atoms with Crippen LogP contribution in [0, 0.1) is 5.92 Å². The van der Waals surface area contributed by atoms with Gasteiger partial charge in [-0.05, 0) is 61.1 Å². The van der Waals surface area contributed by atoms with Crippen molar-refractivity contribution in [3.05, 3.63) is 48.2 Å². The van der Waals surface area contributed by atoms with E-state index in [4.69, 9.17) is 0 Å². The van der Waals surface area contributed by atoms with Crippen LogP contribution in [-0.4, -0.2) is 29.0 Å². The summed E-state index contributed by atoms with van der Waals surface area (Å²) < 4.78 is 41.2. The van der Waals surface area contributed by atoms with E-state index in [1.54, 1.807) is 6.07 Å². The molecule has 0 spiro atoms. The van der Waals surface area contributed by atoms with E-state index in [2.05, 4.69) is 40.3 Å². The maximum absolute atomic E-state index is 12.4. The first-order valence-electron chi connectivity index (χ1n) is 10.4. The van der Waals surface area contributed by atoms with Crippen LogP contribution in [0.1, 0.15) is 45.6 Å². The first kappa shape index (κ1) is 25.2. The summed E-state index contributed by atoms with van der Waals surface area (Å²) in [5.74, 6) is -0.245. The van der Waals surface area contributed by atoms with Crippen LogP contribution in [0.4, 0.5) is 30.4 Å². The molecule has 0 fully saturated rings. The van der Waals surface area contributed by atoms with Crippen LogP contribution in [-0.2, 0) is 4.79 Å². The molecule has 0 saturated heterocycles. The molecule has 2 aromatic rings. The zero-order valence-corrected chi connectivity index (χ0v) is 18.3. The lowest BCUT2D eigenvalue weighted by atomic mass is 9.87. The molecule has 0 radical (unpaired) electrons. The third kappa shape index (κ3) is 6.98. The third-order valence-corrected chi connectivity index (χ3v) is 4.86. The van der Waals surface area contributed by atoms with Gasteiger partial charge in [-0.25, -0.2) is 4.98 Å². The highest BCUT2D eigenvalue weighted by Crippen LogP contribution is 2.39. The number of amides is 1. The summed E-state index contributed by atoms with van der Waals surface area (Å²) in [6.45, 7) is 5.50. The van der Waals surface area contributed by atoms with Crippen LogP contribution in [0.5, 0.6) is 5.75 Å². The van der Waals surface area contributed by atoms with Crippen molar-refractivity contribution in [3.8, 4) is 5.75 Å². The maximum atomic E-state index is 12.4. The van der Waals surface area contributed by atoms with Crippen molar-refractivity contribution in [2.24, 2.45) is 5.92 Å². The molecule has 2 rings (SSSR count). The van der Waals surface area contributed by atoms with Crippen molar-refractivity contribution in [3.63, 3.8) is 0 Å². The Hall–Kier alpha value is -3.07. The lowest BCUT2D eigenvalue weighted by Gasteiger charge is -2.23. The molecule has 0 bridgehead atoms. The number of rotatable bonds is 10. The van der Waals surface area contributed by atoms with E-state index in [0.717, 1.165) is 24.8 Å².